The van der Waals surface area contributed by atoms with Gasteiger partial charge in [-0.15, -0.1) is 0 Å². The summed E-state index contributed by atoms with van der Waals surface area (Å²) >= 11 is 0. The van der Waals surface area contributed by atoms with Crippen molar-refractivity contribution in [2.75, 3.05) is 77.8 Å². The topological polar surface area (TPSA) is 88.7 Å². The largest absolute Gasteiger partial charge is 0.388 e. The van der Waals surface area contributed by atoms with E-state index in [0.29, 0.717) is 17.7 Å². The summed E-state index contributed by atoms with van der Waals surface area (Å²) in [5.41, 5.74) is 2.16. The number of hydrogen-bond donors (Lipinski definition) is 4. The summed E-state index contributed by atoms with van der Waals surface area (Å²) in [5, 5.41) is 15.3. The first-order chi connectivity index (χ1) is 16.7. The Bertz CT molecular complexity index is 958. The Morgan fingerprint density at radius 2 is 1.50 bits per heavy atom. The molecule has 2 aliphatic heterocycles. The molecular formula is C26H38N6O2. The van der Waals surface area contributed by atoms with Gasteiger partial charge in [-0.2, -0.15) is 0 Å². The Morgan fingerprint density at radius 1 is 0.794 bits per heavy atom. The molecule has 8 heteroatoms. The van der Waals surface area contributed by atoms with E-state index in [1.54, 1.807) is 0 Å². The number of amides is 2. The number of carbonyl (C=O) groups is 2. The van der Waals surface area contributed by atoms with Crippen molar-refractivity contribution in [2.45, 2.75) is 19.3 Å². The van der Waals surface area contributed by atoms with Gasteiger partial charge >= 0.3 is 0 Å². The zero-order valence-electron chi connectivity index (χ0n) is 20.3. The zero-order chi connectivity index (χ0) is 23.8. The van der Waals surface area contributed by atoms with Gasteiger partial charge in [0.05, 0.1) is 0 Å². The van der Waals surface area contributed by atoms with E-state index in [0.717, 1.165) is 94.6 Å². The van der Waals surface area contributed by atoms with Gasteiger partial charge in [0.2, 0.25) is 0 Å². The first-order valence-electron chi connectivity index (χ1n) is 12.6. The third-order valence-corrected chi connectivity index (χ3v) is 6.74. The molecule has 0 radical (unpaired) electrons. The maximum Gasteiger partial charge on any atom is 0.261 e. The van der Waals surface area contributed by atoms with E-state index >= 15 is 0 Å². The molecular weight excluding hydrogens is 428 g/mol. The second-order valence-corrected chi connectivity index (χ2v) is 9.05. The van der Waals surface area contributed by atoms with Gasteiger partial charge in [0, 0.05) is 67.4 Å². The minimum absolute atomic E-state index is 0.183. The average molecular weight is 467 g/mol. The first-order valence-corrected chi connectivity index (χ1v) is 12.6. The van der Waals surface area contributed by atoms with Crippen LogP contribution in [0.4, 0.5) is 5.69 Å². The number of rotatable bonds is 5. The molecule has 1 fully saturated rings. The number of carbonyl (C=O) groups excluding carboxylic acids is 2. The van der Waals surface area contributed by atoms with Crippen LogP contribution in [0.1, 0.15) is 40.0 Å². The van der Waals surface area contributed by atoms with Crippen molar-refractivity contribution in [1.29, 1.82) is 0 Å². The number of hydrogen-bond acceptors (Lipinski definition) is 7. The molecule has 4 N–H and O–H groups in total. The SMILES string of the molecule is CNc1ccc2c3c(cccc13)C(=O)N(CCCN1CCCNCCNCCCNCC1)C2=O. The van der Waals surface area contributed by atoms with Crippen molar-refractivity contribution >= 4 is 28.3 Å². The molecule has 34 heavy (non-hydrogen) atoms. The number of anilines is 1. The fourth-order valence-electron chi connectivity index (χ4n) is 4.91. The molecule has 0 spiro atoms. The highest BCUT2D eigenvalue weighted by molar-refractivity contribution is 6.26. The third-order valence-electron chi connectivity index (χ3n) is 6.74. The van der Waals surface area contributed by atoms with Crippen molar-refractivity contribution in [3.63, 3.8) is 0 Å². The highest BCUT2D eigenvalue weighted by atomic mass is 16.2. The van der Waals surface area contributed by atoms with Crippen molar-refractivity contribution in [2.24, 2.45) is 0 Å². The average Bonchev–Trinajstić information content (AvgIpc) is 2.86. The molecule has 0 unspecified atom stereocenters. The van der Waals surface area contributed by atoms with Crippen molar-refractivity contribution < 1.29 is 9.59 Å². The Morgan fingerprint density at radius 3 is 2.26 bits per heavy atom. The number of benzene rings is 2. The highest BCUT2D eigenvalue weighted by Gasteiger charge is 2.32. The van der Waals surface area contributed by atoms with Crippen LogP contribution >= 0.6 is 0 Å². The van der Waals surface area contributed by atoms with Crippen molar-refractivity contribution in [3.8, 4) is 0 Å². The normalized spacial score (nSPS) is 19.3. The molecule has 0 bridgehead atoms. The predicted octanol–water partition coefficient (Wildman–Crippen LogP) is 1.73. The van der Waals surface area contributed by atoms with E-state index in [4.69, 9.17) is 0 Å². The fraction of sp³-hybridized carbons (Fsp3) is 0.538. The van der Waals surface area contributed by atoms with Crippen LogP contribution in [-0.2, 0) is 0 Å². The van der Waals surface area contributed by atoms with Crippen LogP contribution < -0.4 is 21.3 Å². The number of nitrogens with one attached hydrogen (secondary N) is 4. The van der Waals surface area contributed by atoms with Crippen LogP contribution in [0, 0.1) is 0 Å². The summed E-state index contributed by atoms with van der Waals surface area (Å²) < 4.78 is 0. The monoisotopic (exact) mass is 466 g/mol. The van der Waals surface area contributed by atoms with Gasteiger partial charge in [-0.3, -0.25) is 14.5 Å². The van der Waals surface area contributed by atoms with E-state index in [-0.39, 0.29) is 11.8 Å². The third kappa shape index (κ3) is 5.75. The van der Waals surface area contributed by atoms with Gasteiger partial charge in [0.25, 0.3) is 11.8 Å². The molecule has 1 saturated heterocycles. The fourth-order valence-corrected chi connectivity index (χ4v) is 4.91. The number of nitrogens with zero attached hydrogens (tertiary/aromatic N) is 2. The van der Waals surface area contributed by atoms with Crippen LogP contribution in [0.3, 0.4) is 0 Å². The van der Waals surface area contributed by atoms with Gasteiger partial charge in [-0.05, 0) is 70.2 Å². The molecule has 0 aromatic heterocycles. The molecule has 2 aromatic carbocycles. The molecule has 4 rings (SSSR count). The Labute approximate surface area is 202 Å². The lowest BCUT2D eigenvalue weighted by molar-refractivity contribution is 0.0603. The molecule has 2 heterocycles. The van der Waals surface area contributed by atoms with E-state index < -0.39 is 0 Å². The summed E-state index contributed by atoms with van der Waals surface area (Å²) in [4.78, 5) is 30.4. The van der Waals surface area contributed by atoms with Crippen LogP contribution in [0.15, 0.2) is 30.3 Å². The molecule has 2 amide bonds. The summed E-state index contributed by atoms with van der Waals surface area (Å²) in [5.74, 6) is -0.367. The minimum Gasteiger partial charge on any atom is -0.388 e. The van der Waals surface area contributed by atoms with Crippen LogP contribution in [0.5, 0.6) is 0 Å². The summed E-state index contributed by atoms with van der Waals surface area (Å²) in [6, 6.07) is 9.46. The highest BCUT2D eigenvalue weighted by Crippen LogP contribution is 2.34. The standard InChI is InChI=1S/C26H38N6O2/c1-27-23-9-8-22-24-20(23)6-2-7-21(24)25(33)32(26(22)34)18-5-17-31-16-4-12-29-14-13-28-10-3-11-30-15-19-31/h2,6-9,27-30H,3-5,10-19H2,1H3. The lowest BCUT2D eigenvalue weighted by Gasteiger charge is -2.29. The number of imide groups is 1. The van der Waals surface area contributed by atoms with E-state index in [1.165, 1.54) is 4.90 Å². The van der Waals surface area contributed by atoms with Crippen molar-refractivity contribution in [1.82, 2.24) is 25.8 Å². The van der Waals surface area contributed by atoms with Gasteiger partial charge in [-0.1, -0.05) is 12.1 Å². The lowest BCUT2D eigenvalue weighted by atomic mass is 9.93. The lowest BCUT2D eigenvalue weighted by Crippen LogP contribution is -2.42. The van der Waals surface area contributed by atoms with Crippen LogP contribution in [0.25, 0.3) is 10.8 Å². The maximum absolute atomic E-state index is 13.3. The Hall–Kier alpha value is -2.52. The summed E-state index contributed by atoms with van der Waals surface area (Å²) in [6.07, 6.45) is 2.99. The first kappa shape index (κ1) is 24.6. The van der Waals surface area contributed by atoms with Crippen molar-refractivity contribution in [3.05, 3.63) is 41.5 Å². The van der Waals surface area contributed by atoms with E-state index in [9.17, 15) is 9.59 Å². The maximum atomic E-state index is 13.3. The molecule has 0 saturated carbocycles. The minimum atomic E-state index is -0.183. The molecule has 2 aromatic rings. The van der Waals surface area contributed by atoms with Gasteiger partial charge in [0.1, 0.15) is 0 Å². The second kappa shape index (κ2) is 12.3. The quantitative estimate of drug-likeness (QED) is 0.499. The predicted molar refractivity (Wildman–Crippen MR) is 138 cm³/mol. The summed E-state index contributed by atoms with van der Waals surface area (Å²) in [6.45, 7) is 9.33. The van der Waals surface area contributed by atoms with E-state index in [1.807, 2.05) is 37.4 Å². The summed E-state index contributed by atoms with van der Waals surface area (Å²) in [7, 11) is 1.85. The van der Waals surface area contributed by atoms with Gasteiger partial charge in [-0.25, -0.2) is 0 Å². The Balaban J connectivity index is 1.37. The second-order valence-electron chi connectivity index (χ2n) is 9.05. The van der Waals surface area contributed by atoms with Crippen LogP contribution in [-0.4, -0.2) is 94.1 Å². The van der Waals surface area contributed by atoms with Gasteiger partial charge in [0.15, 0.2) is 0 Å². The Kier molecular flexibility index (Phi) is 8.87. The van der Waals surface area contributed by atoms with Crippen LogP contribution in [0.2, 0.25) is 0 Å². The molecule has 184 valence electrons. The smallest absolute Gasteiger partial charge is 0.261 e. The zero-order valence-corrected chi connectivity index (χ0v) is 20.3. The molecule has 0 aliphatic carbocycles. The molecule has 8 nitrogen and oxygen atoms in total. The van der Waals surface area contributed by atoms with Gasteiger partial charge < -0.3 is 26.2 Å². The van der Waals surface area contributed by atoms with E-state index in [2.05, 4.69) is 26.2 Å². The molecule has 2 aliphatic rings. The molecule has 0 atom stereocenters.